The Bertz CT molecular complexity index is 337. The van der Waals surface area contributed by atoms with Crippen LogP contribution in [-0.2, 0) is 11.2 Å². The van der Waals surface area contributed by atoms with Gasteiger partial charge in [-0.05, 0) is 24.8 Å². The molecule has 0 saturated heterocycles. The van der Waals surface area contributed by atoms with E-state index in [0.29, 0.717) is 12.8 Å². The first-order valence-electron chi connectivity index (χ1n) is 5.74. The van der Waals surface area contributed by atoms with Crippen molar-refractivity contribution in [2.45, 2.75) is 37.9 Å². The summed E-state index contributed by atoms with van der Waals surface area (Å²) in [7, 11) is 0. The van der Waals surface area contributed by atoms with Crippen molar-refractivity contribution in [2.24, 2.45) is 0 Å². The number of aliphatic hydroxyl groups excluding tert-OH is 2. The van der Waals surface area contributed by atoms with Crippen LogP contribution in [0.3, 0.4) is 0 Å². The molecule has 0 bridgehead atoms. The normalized spacial score (nSPS) is 14.2. The molecular weight excluding hydrogens is 220 g/mol. The average molecular weight is 238 g/mol. The summed E-state index contributed by atoms with van der Waals surface area (Å²) in [6.07, 6.45) is -0.0832. The largest absolute Gasteiger partial charge is 0.479 e. The number of carboxylic acids is 1. The molecule has 0 radical (unpaired) electrons. The third kappa shape index (κ3) is 4.97. The highest BCUT2D eigenvalue weighted by atomic mass is 16.4. The number of aliphatic hydroxyl groups is 2. The molecule has 1 aromatic carbocycles. The number of hydrogen-bond acceptors (Lipinski definition) is 3. The minimum atomic E-state index is -1.67. The van der Waals surface area contributed by atoms with Crippen molar-refractivity contribution in [1.29, 1.82) is 0 Å². The number of rotatable bonds is 7. The van der Waals surface area contributed by atoms with Crippen LogP contribution in [-0.4, -0.2) is 33.5 Å². The summed E-state index contributed by atoms with van der Waals surface area (Å²) in [5, 5.41) is 26.9. The summed E-state index contributed by atoms with van der Waals surface area (Å²) >= 11 is 0. The lowest BCUT2D eigenvalue weighted by Crippen LogP contribution is -2.33. The first-order chi connectivity index (χ1) is 8.11. The van der Waals surface area contributed by atoms with Gasteiger partial charge in [-0.2, -0.15) is 0 Å². The van der Waals surface area contributed by atoms with E-state index < -0.39 is 18.2 Å². The van der Waals surface area contributed by atoms with Crippen LogP contribution in [0, 0.1) is 0 Å². The maximum atomic E-state index is 10.4. The molecule has 0 heterocycles. The van der Waals surface area contributed by atoms with Crippen LogP contribution in [0.25, 0.3) is 0 Å². The van der Waals surface area contributed by atoms with E-state index in [-0.39, 0.29) is 0 Å². The predicted octanol–water partition coefficient (Wildman–Crippen LogP) is 1.21. The molecule has 4 heteroatoms. The molecule has 0 spiro atoms. The molecular formula is C13H18O4. The Labute approximate surface area is 101 Å². The number of aryl methyl sites for hydroxylation is 1. The van der Waals surface area contributed by atoms with E-state index in [2.05, 4.69) is 0 Å². The Morgan fingerprint density at radius 3 is 2.35 bits per heavy atom. The van der Waals surface area contributed by atoms with Crippen LogP contribution in [0.2, 0.25) is 0 Å². The molecule has 0 aromatic heterocycles. The molecule has 0 saturated carbocycles. The van der Waals surface area contributed by atoms with Gasteiger partial charge < -0.3 is 15.3 Å². The van der Waals surface area contributed by atoms with Crippen LogP contribution in [0.15, 0.2) is 30.3 Å². The Hall–Kier alpha value is -1.39. The summed E-state index contributed by atoms with van der Waals surface area (Å²) in [6.45, 7) is 0. The van der Waals surface area contributed by atoms with Crippen LogP contribution >= 0.6 is 0 Å². The van der Waals surface area contributed by atoms with Crippen molar-refractivity contribution in [2.75, 3.05) is 0 Å². The highest BCUT2D eigenvalue weighted by molar-refractivity contribution is 5.72. The number of hydrogen-bond donors (Lipinski definition) is 3. The SMILES string of the molecule is O=C(O)C(O)C(O)CCCCc1ccccc1. The van der Waals surface area contributed by atoms with Gasteiger partial charge in [-0.25, -0.2) is 4.79 Å². The van der Waals surface area contributed by atoms with Gasteiger partial charge in [0.05, 0.1) is 6.10 Å². The molecule has 0 amide bonds. The molecule has 3 N–H and O–H groups in total. The van der Waals surface area contributed by atoms with Gasteiger partial charge in [-0.1, -0.05) is 36.8 Å². The first kappa shape index (κ1) is 13.7. The fraction of sp³-hybridized carbons (Fsp3) is 0.462. The fourth-order valence-electron chi connectivity index (χ4n) is 1.65. The monoisotopic (exact) mass is 238 g/mol. The van der Waals surface area contributed by atoms with Crippen molar-refractivity contribution < 1.29 is 20.1 Å². The van der Waals surface area contributed by atoms with Gasteiger partial charge >= 0.3 is 5.97 Å². The predicted molar refractivity (Wildman–Crippen MR) is 63.6 cm³/mol. The van der Waals surface area contributed by atoms with Gasteiger partial charge in [0.2, 0.25) is 0 Å². The van der Waals surface area contributed by atoms with Gasteiger partial charge in [-0.15, -0.1) is 0 Å². The Morgan fingerprint density at radius 1 is 1.12 bits per heavy atom. The topological polar surface area (TPSA) is 77.8 Å². The van der Waals surface area contributed by atoms with E-state index in [1.54, 1.807) is 0 Å². The minimum Gasteiger partial charge on any atom is -0.479 e. The highest BCUT2D eigenvalue weighted by Gasteiger charge is 2.22. The standard InChI is InChI=1S/C13H18O4/c14-11(12(15)13(16)17)9-5-4-8-10-6-2-1-3-7-10/h1-3,6-7,11-12,14-15H,4-5,8-9H2,(H,16,17). The quantitative estimate of drug-likeness (QED) is 0.624. The van der Waals surface area contributed by atoms with Crippen molar-refractivity contribution in [3.05, 3.63) is 35.9 Å². The zero-order valence-corrected chi connectivity index (χ0v) is 9.62. The molecule has 1 rings (SSSR count). The summed E-state index contributed by atoms with van der Waals surface area (Å²) in [6, 6.07) is 9.96. The molecule has 17 heavy (non-hydrogen) atoms. The van der Waals surface area contributed by atoms with Gasteiger partial charge in [0, 0.05) is 0 Å². The molecule has 0 aliphatic carbocycles. The van der Waals surface area contributed by atoms with E-state index in [9.17, 15) is 9.90 Å². The van der Waals surface area contributed by atoms with Gasteiger partial charge in [0.25, 0.3) is 0 Å². The van der Waals surface area contributed by atoms with Crippen LogP contribution in [0.1, 0.15) is 24.8 Å². The second kappa shape index (κ2) is 7.04. The van der Waals surface area contributed by atoms with Crippen LogP contribution < -0.4 is 0 Å². The zero-order valence-electron chi connectivity index (χ0n) is 9.62. The second-order valence-electron chi connectivity index (χ2n) is 4.08. The third-order valence-electron chi connectivity index (χ3n) is 2.68. The number of carbonyl (C=O) groups is 1. The van der Waals surface area contributed by atoms with Crippen LogP contribution in [0.5, 0.6) is 0 Å². The van der Waals surface area contributed by atoms with Crippen molar-refractivity contribution >= 4 is 5.97 Å². The maximum Gasteiger partial charge on any atom is 0.335 e. The second-order valence-corrected chi connectivity index (χ2v) is 4.08. The molecule has 0 aliphatic heterocycles. The highest BCUT2D eigenvalue weighted by Crippen LogP contribution is 2.09. The zero-order chi connectivity index (χ0) is 12.7. The van der Waals surface area contributed by atoms with E-state index in [0.717, 1.165) is 12.8 Å². The first-order valence-corrected chi connectivity index (χ1v) is 5.74. The summed E-state index contributed by atoms with van der Waals surface area (Å²) in [5.74, 6) is -1.37. The van der Waals surface area contributed by atoms with E-state index in [1.165, 1.54) is 5.56 Å². The Kier molecular flexibility index (Phi) is 5.66. The molecule has 4 nitrogen and oxygen atoms in total. The number of aliphatic carboxylic acids is 1. The van der Waals surface area contributed by atoms with Crippen LogP contribution in [0.4, 0.5) is 0 Å². The minimum absolute atomic E-state index is 0.306. The van der Waals surface area contributed by atoms with Gasteiger partial charge in [-0.3, -0.25) is 0 Å². The summed E-state index contributed by atoms with van der Waals surface area (Å²) in [4.78, 5) is 10.4. The lowest BCUT2D eigenvalue weighted by atomic mass is 10.0. The lowest BCUT2D eigenvalue weighted by molar-refractivity contribution is -0.153. The Balaban J connectivity index is 2.18. The van der Waals surface area contributed by atoms with E-state index >= 15 is 0 Å². The summed E-state index contributed by atoms with van der Waals surface area (Å²) < 4.78 is 0. The smallest absolute Gasteiger partial charge is 0.335 e. The maximum absolute atomic E-state index is 10.4. The summed E-state index contributed by atoms with van der Waals surface area (Å²) in [5.41, 5.74) is 1.22. The van der Waals surface area contributed by atoms with Gasteiger partial charge in [0.1, 0.15) is 0 Å². The molecule has 94 valence electrons. The fourth-order valence-corrected chi connectivity index (χ4v) is 1.65. The molecule has 0 aliphatic rings. The van der Waals surface area contributed by atoms with Crippen molar-refractivity contribution in [1.82, 2.24) is 0 Å². The molecule has 0 fully saturated rings. The third-order valence-corrected chi connectivity index (χ3v) is 2.68. The molecule has 1 aromatic rings. The molecule has 2 unspecified atom stereocenters. The van der Waals surface area contributed by atoms with E-state index in [1.807, 2.05) is 30.3 Å². The molecule has 2 atom stereocenters. The number of benzene rings is 1. The average Bonchev–Trinajstić information content (AvgIpc) is 2.34. The lowest BCUT2D eigenvalue weighted by Gasteiger charge is -2.13. The Morgan fingerprint density at radius 2 is 1.76 bits per heavy atom. The number of carboxylic acid groups (broad SMARTS) is 1. The van der Waals surface area contributed by atoms with E-state index in [4.69, 9.17) is 10.2 Å². The number of unbranched alkanes of at least 4 members (excludes halogenated alkanes) is 1. The van der Waals surface area contributed by atoms with Crippen molar-refractivity contribution in [3.63, 3.8) is 0 Å². The van der Waals surface area contributed by atoms with Crippen molar-refractivity contribution in [3.8, 4) is 0 Å². The van der Waals surface area contributed by atoms with Gasteiger partial charge in [0.15, 0.2) is 6.10 Å².